The summed E-state index contributed by atoms with van der Waals surface area (Å²) in [4.78, 5) is 99.2. The van der Waals surface area contributed by atoms with Gasteiger partial charge in [-0.15, -0.1) is 0 Å². The molecule has 17 heteroatoms. The molecule has 0 N–H and O–H groups in total. The second kappa shape index (κ2) is 24.3. The van der Waals surface area contributed by atoms with Crippen LogP contribution in [0.5, 0.6) is 17.2 Å². The van der Waals surface area contributed by atoms with Gasteiger partial charge in [-0.05, 0) is 106 Å². The van der Waals surface area contributed by atoms with E-state index in [4.69, 9.17) is 42.6 Å². The van der Waals surface area contributed by atoms with Gasteiger partial charge in [0.25, 0.3) is 0 Å². The average Bonchev–Trinajstić information content (AvgIpc) is 3.46. The number of carbonyl (C=O) groups is 7. The number of allylic oxidation sites excluding steroid dienone is 5. The Labute approximate surface area is 465 Å². The molecule has 5 unspecified atom stereocenters. The quantitative estimate of drug-likeness (QED) is 0.0328. The summed E-state index contributed by atoms with van der Waals surface area (Å²) in [5, 5.41) is 0. The molecule has 1 aromatic carbocycles. The number of benzene rings is 1. The summed E-state index contributed by atoms with van der Waals surface area (Å²) >= 11 is 0. The number of amides is 1. The van der Waals surface area contributed by atoms with Crippen LogP contribution in [0.15, 0.2) is 52.7 Å². The van der Waals surface area contributed by atoms with Crippen molar-refractivity contribution in [3.63, 3.8) is 0 Å². The van der Waals surface area contributed by atoms with Crippen molar-refractivity contribution in [2.45, 2.75) is 221 Å². The van der Waals surface area contributed by atoms with E-state index in [1.807, 2.05) is 71.6 Å². The van der Waals surface area contributed by atoms with Crippen LogP contribution in [0.3, 0.4) is 0 Å². The molecule has 1 amide bonds. The van der Waals surface area contributed by atoms with Gasteiger partial charge in [-0.2, -0.15) is 0 Å². The Kier molecular flexibility index (Phi) is 18.7. The van der Waals surface area contributed by atoms with Crippen molar-refractivity contribution in [1.82, 2.24) is 4.90 Å². The molecule has 4 aliphatic heterocycles. The standard InChI is InChI=1S/C62H83NO16/c1-15-17-19-30-63(31-20-18-16-2)57(70)37(7)25-29-61-56(69)42-32-45-49(68)48-51(76-58-55(74-41(11)67)54(73-40(10)66)53(72-39(9)65)46(75-58)34-71-38(8)64)44-26-28-60(14,27-21-22-35(3)4)77-50(44)43(24-23-36(5)6)52(48)78-62(45,61)47(33-42)59(12,13)79-61/h22-23,25-26,28,32,42,46-47,53-55,58H,15-21,24,27,29-31,33-34H2,1-14H3/b37-25-/t42?,46-,47?,53-,54-,55-,58+,60?,61?,62?/m1/s1. The van der Waals surface area contributed by atoms with Gasteiger partial charge in [-0.3, -0.25) is 33.6 Å². The minimum absolute atomic E-state index is 0.0499. The Bertz CT molecular complexity index is 2730. The van der Waals surface area contributed by atoms with Crippen molar-refractivity contribution in [2.75, 3.05) is 19.7 Å². The van der Waals surface area contributed by atoms with Gasteiger partial charge in [0, 0.05) is 75.8 Å². The molecular formula is C62H83NO16. The fourth-order valence-electron chi connectivity index (χ4n) is 12.3. The molecule has 17 nitrogen and oxygen atoms in total. The first kappa shape index (κ1) is 60.6. The molecule has 432 valence electrons. The zero-order valence-electron chi connectivity index (χ0n) is 48.9. The fourth-order valence-corrected chi connectivity index (χ4v) is 12.3. The summed E-state index contributed by atoms with van der Waals surface area (Å²) in [6, 6.07) is 0. The second-order valence-corrected chi connectivity index (χ2v) is 23.3. The number of nitrogens with zero attached hydrogens (tertiary/aromatic N) is 1. The highest BCUT2D eigenvalue weighted by Crippen LogP contribution is 2.69. The summed E-state index contributed by atoms with van der Waals surface area (Å²) in [6.45, 7) is 25.0. The average molecular weight is 1100 g/mol. The minimum Gasteiger partial charge on any atom is -0.482 e. The van der Waals surface area contributed by atoms with Gasteiger partial charge in [0.2, 0.25) is 18.3 Å². The molecule has 2 saturated heterocycles. The Hall–Kier alpha value is -6.07. The zero-order chi connectivity index (χ0) is 57.9. The predicted octanol–water partition coefficient (Wildman–Crippen LogP) is 10.1. The number of hydrogen-bond acceptors (Lipinski definition) is 16. The third kappa shape index (κ3) is 12.2. The summed E-state index contributed by atoms with van der Waals surface area (Å²) in [5.41, 5.74) is -1.95. The van der Waals surface area contributed by atoms with Gasteiger partial charge >= 0.3 is 23.9 Å². The number of hydrogen-bond donors (Lipinski definition) is 0. The Balaban J connectivity index is 1.47. The SMILES string of the molecule is CCCCCN(CCCCC)C(=O)/C(C)=C\CC12OC(C)(C)C3CC(C=C4C(=O)c5c(O[C@@H]6O[C@H](COC(C)=O)[C@@H](OC(C)=O)[C@@H](OC(C)=O)[C@H]6OC(C)=O)c6c(c(CC=C(C)C)c5OC431)OC(C)(CCC=C(C)C)C=C6)C2=O. The molecule has 4 bridgehead atoms. The Morgan fingerprint density at radius 3 is 1.96 bits per heavy atom. The van der Waals surface area contributed by atoms with E-state index in [-0.39, 0.29) is 47.2 Å². The number of ether oxygens (including phenoxy) is 9. The number of unbranched alkanes of at least 4 members (excludes halogenated alkanes) is 4. The highest BCUT2D eigenvalue weighted by molar-refractivity contribution is 6.19. The third-order valence-electron chi connectivity index (χ3n) is 16.0. The Morgan fingerprint density at radius 2 is 1.37 bits per heavy atom. The van der Waals surface area contributed by atoms with Gasteiger partial charge < -0.3 is 47.5 Å². The third-order valence-corrected chi connectivity index (χ3v) is 16.0. The van der Waals surface area contributed by atoms with Gasteiger partial charge in [0.15, 0.2) is 35.0 Å². The molecule has 7 aliphatic rings. The molecule has 0 radical (unpaired) electrons. The lowest BCUT2D eigenvalue weighted by atomic mass is 9.51. The largest absolute Gasteiger partial charge is 0.482 e. The molecule has 8 rings (SSSR count). The van der Waals surface area contributed by atoms with E-state index >= 15 is 9.59 Å². The number of ketones is 2. The predicted molar refractivity (Wildman–Crippen MR) is 293 cm³/mol. The lowest BCUT2D eigenvalue weighted by molar-refractivity contribution is -0.288. The van der Waals surface area contributed by atoms with E-state index in [2.05, 4.69) is 19.9 Å². The zero-order valence-corrected chi connectivity index (χ0v) is 48.9. The van der Waals surface area contributed by atoms with Gasteiger partial charge in [0.1, 0.15) is 41.1 Å². The number of fused-ring (bicyclic) bond motifs is 2. The summed E-state index contributed by atoms with van der Waals surface area (Å²) in [6.07, 6.45) is 10.8. The molecule has 79 heavy (non-hydrogen) atoms. The molecule has 3 fully saturated rings. The highest BCUT2D eigenvalue weighted by Gasteiger charge is 2.81. The fraction of sp³-hybridized carbons (Fsp3) is 0.629. The van der Waals surface area contributed by atoms with Crippen molar-refractivity contribution in [3.05, 3.63) is 69.4 Å². The van der Waals surface area contributed by atoms with Crippen LogP contribution in [0.4, 0.5) is 0 Å². The van der Waals surface area contributed by atoms with Crippen LogP contribution in [0.1, 0.15) is 183 Å². The van der Waals surface area contributed by atoms with Crippen LogP contribution in [0.2, 0.25) is 0 Å². The van der Waals surface area contributed by atoms with Gasteiger partial charge in [-0.1, -0.05) is 75.0 Å². The van der Waals surface area contributed by atoms with E-state index < -0.39 is 101 Å². The summed E-state index contributed by atoms with van der Waals surface area (Å²) < 4.78 is 58.3. The van der Waals surface area contributed by atoms with Crippen LogP contribution in [-0.2, 0) is 63.6 Å². The lowest BCUT2D eigenvalue weighted by Gasteiger charge is -2.56. The molecule has 1 spiro atoms. The number of Topliss-reactive ketones (excluding diaryl/α,β-unsaturated/α-hetero) is 2. The van der Waals surface area contributed by atoms with E-state index in [0.717, 1.165) is 70.4 Å². The smallest absolute Gasteiger partial charge is 0.303 e. The summed E-state index contributed by atoms with van der Waals surface area (Å²) in [7, 11) is 0. The van der Waals surface area contributed by atoms with Crippen molar-refractivity contribution in [2.24, 2.45) is 11.8 Å². The minimum atomic E-state index is -1.78. The maximum absolute atomic E-state index is 16.4. The molecular weight excluding hydrogens is 1010 g/mol. The van der Waals surface area contributed by atoms with Crippen molar-refractivity contribution in [3.8, 4) is 17.2 Å². The van der Waals surface area contributed by atoms with Gasteiger partial charge in [0.05, 0.1) is 11.2 Å². The molecule has 0 aromatic heterocycles. The van der Waals surface area contributed by atoms with E-state index in [0.29, 0.717) is 54.8 Å². The first-order chi connectivity index (χ1) is 37.2. The first-order valence-corrected chi connectivity index (χ1v) is 28.3. The normalized spacial score (nSPS) is 28.6. The number of carbonyl (C=O) groups excluding carboxylic acids is 7. The van der Waals surface area contributed by atoms with Crippen molar-refractivity contribution >= 4 is 47.4 Å². The molecule has 4 heterocycles. The maximum Gasteiger partial charge on any atom is 0.303 e. The van der Waals surface area contributed by atoms with Crippen LogP contribution in [-0.4, -0.2) is 119 Å². The van der Waals surface area contributed by atoms with E-state index in [9.17, 15) is 24.0 Å². The van der Waals surface area contributed by atoms with Crippen molar-refractivity contribution < 1.29 is 76.2 Å². The molecule has 3 aliphatic carbocycles. The lowest BCUT2D eigenvalue weighted by Crippen LogP contribution is -2.72. The van der Waals surface area contributed by atoms with Gasteiger partial charge in [-0.25, -0.2) is 0 Å². The number of rotatable bonds is 23. The first-order valence-electron chi connectivity index (χ1n) is 28.3. The molecule has 1 aromatic rings. The second-order valence-electron chi connectivity index (χ2n) is 23.3. The van der Waals surface area contributed by atoms with Crippen LogP contribution in [0.25, 0.3) is 6.08 Å². The van der Waals surface area contributed by atoms with Crippen molar-refractivity contribution in [1.29, 1.82) is 0 Å². The van der Waals surface area contributed by atoms with E-state index in [1.54, 1.807) is 19.1 Å². The maximum atomic E-state index is 16.4. The monoisotopic (exact) mass is 1100 g/mol. The van der Waals surface area contributed by atoms with Crippen LogP contribution >= 0.6 is 0 Å². The van der Waals surface area contributed by atoms with Crippen LogP contribution in [0, 0.1) is 11.8 Å². The molecule has 10 atom stereocenters. The highest BCUT2D eigenvalue weighted by atomic mass is 16.7. The number of esters is 4. The molecule has 1 saturated carbocycles. The Morgan fingerprint density at radius 1 is 0.747 bits per heavy atom. The van der Waals surface area contributed by atoms with E-state index in [1.165, 1.54) is 6.92 Å². The van der Waals surface area contributed by atoms with Crippen LogP contribution < -0.4 is 14.2 Å². The topological polar surface area (TPSA) is 206 Å². The summed E-state index contributed by atoms with van der Waals surface area (Å²) in [5.74, 6) is -5.14.